The molecule has 1 saturated carbocycles. The van der Waals surface area contributed by atoms with E-state index in [9.17, 15) is 4.79 Å². The number of aromatic nitrogens is 3. The Morgan fingerprint density at radius 1 is 1.38 bits per heavy atom. The fraction of sp³-hybridized carbons (Fsp3) is 0.316. The number of hydrogen-bond acceptors (Lipinski definition) is 6. The molecule has 1 aliphatic carbocycles. The second-order valence-corrected chi connectivity index (χ2v) is 7.20. The zero-order valence-corrected chi connectivity index (χ0v) is 15.3. The fourth-order valence-electron chi connectivity index (χ4n) is 2.95. The SMILES string of the molecule is C=CCn1c(SCc2cc(=O)oc3cc(OC)ccc23)nnc1C1CC1. The van der Waals surface area contributed by atoms with E-state index in [1.807, 2.05) is 18.2 Å². The van der Waals surface area contributed by atoms with Crippen molar-refractivity contribution in [1.82, 2.24) is 14.8 Å². The maximum absolute atomic E-state index is 11.9. The molecular weight excluding hydrogens is 350 g/mol. The molecule has 1 aliphatic rings. The molecule has 4 rings (SSSR count). The van der Waals surface area contributed by atoms with Gasteiger partial charge < -0.3 is 13.7 Å². The molecule has 0 radical (unpaired) electrons. The van der Waals surface area contributed by atoms with E-state index in [-0.39, 0.29) is 5.63 Å². The topological polar surface area (TPSA) is 70.2 Å². The molecular formula is C19H19N3O3S. The van der Waals surface area contributed by atoms with Gasteiger partial charge in [-0.15, -0.1) is 16.8 Å². The van der Waals surface area contributed by atoms with E-state index >= 15 is 0 Å². The van der Waals surface area contributed by atoms with Crippen LogP contribution in [0.3, 0.4) is 0 Å². The zero-order valence-electron chi connectivity index (χ0n) is 14.5. The van der Waals surface area contributed by atoms with Crippen LogP contribution in [-0.4, -0.2) is 21.9 Å². The highest BCUT2D eigenvalue weighted by molar-refractivity contribution is 7.98. The van der Waals surface area contributed by atoms with Gasteiger partial charge in [0.2, 0.25) is 0 Å². The molecule has 0 N–H and O–H groups in total. The number of rotatable bonds is 7. The molecule has 2 aromatic heterocycles. The van der Waals surface area contributed by atoms with E-state index in [0.717, 1.165) is 21.9 Å². The van der Waals surface area contributed by atoms with Crippen molar-refractivity contribution in [2.24, 2.45) is 0 Å². The van der Waals surface area contributed by atoms with Crippen LogP contribution < -0.4 is 10.4 Å². The van der Waals surface area contributed by atoms with Crippen LogP contribution in [0.1, 0.15) is 30.1 Å². The maximum Gasteiger partial charge on any atom is 0.336 e. The molecule has 0 amide bonds. The van der Waals surface area contributed by atoms with Crippen molar-refractivity contribution in [3.8, 4) is 5.75 Å². The minimum absolute atomic E-state index is 0.368. The predicted molar refractivity (Wildman–Crippen MR) is 101 cm³/mol. The van der Waals surface area contributed by atoms with Crippen molar-refractivity contribution in [3.05, 3.63) is 58.7 Å². The summed E-state index contributed by atoms with van der Waals surface area (Å²) in [5, 5.41) is 10.5. The van der Waals surface area contributed by atoms with Crippen LogP contribution in [0.2, 0.25) is 0 Å². The predicted octanol–water partition coefficient (Wildman–Crippen LogP) is 3.75. The first-order chi connectivity index (χ1) is 12.7. The second kappa shape index (κ2) is 6.99. The lowest BCUT2D eigenvalue weighted by atomic mass is 10.1. The Bertz CT molecular complexity index is 1020. The average Bonchev–Trinajstić information content (AvgIpc) is 3.41. The molecule has 2 heterocycles. The van der Waals surface area contributed by atoms with Gasteiger partial charge in [-0.25, -0.2) is 4.79 Å². The smallest absolute Gasteiger partial charge is 0.336 e. The van der Waals surface area contributed by atoms with E-state index in [1.54, 1.807) is 24.9 Å². The molecule has 1 fully saturated rings. The van der Waals surface area contributed by atoms with Gasteiger partial charge in [-0.3, -0.25) is 0 Å². The van der Waals surface area contributed by atoms with Gasteiger partial charge in [-0.1, -0.05) is 17.8 Å². The average molecular weight is 369 g/mol. The van der Waals surface area contributed by atoms with E-state index in [2.05, 4.69) is 21.3 Å². The van der Waals surface area contributed by atoms with Crippen LogP contribution in [-0.2, 0) is 12.3 Å². The van der Waals surface area contributed by atoms with Crippen molar-refractivity contribution in [2.75, 3.05) is 7.11 Å². The lowest BCUT2D eigenvalue weighted by molar-refractivity contribution is 0.414. The maximum atomic E-state index is 11.9. The molecule has 7 heteroatoms. The van der Waals surface area contributed by atoms with Crippen molar-refractivity contribution in [3.63, 3.8) is 0 Å². The van der Waals surface area contributed by atoms with Crippen LogP contribution >= 0.6 is 11.8 Å². The van der Waals surface area contributed by atoms with Crippen LogP contribution in [0.5, 0.6) is 5.75 Å². The number of ether oxygens (including phenoxy) is 1. The van der Waals surface area contributed by atoms with Crippen molar-refractivity contribution in [2.45, 2.75) is 36.2 Å². The Morgan fingerprint density at radius 2 is 2.23 bits per heavy atom. The molecule has 0 saturated heterocycles. The van der Waals surface area contributed by atoms with Crippen molar-refractivity contribution in [1.29, 1.82) is 0 Å². The summed E-state index contributed by atoms with van der Waals surface area (Å²) in [6.07, 6.45) is 4.20. The Hall–Kier alpha value is -2.54. The van der Waals surface area contributed by atoms with E-state index in [1.165, 1.54) is 18.9 Å². The number of benzene rings is 1. The van der Waals surface area contributed by atoms with Gasteiger partial charge in [0.1, 0.15) is 17.2 Å². The van der Waals surface area contributed by atoms with Crippen molar-refractivity contribution >= 4 is 22.7 Å². The van der Waals surface area contributed by atoms with E-state index < -0.39 is 0 Å². The van der Waals surface area contributed by atoms with Gasteiger partial charge in [0, 0.05) is 35.7 Å². The lowest BCUT2D eigenvalue weighted by Gasteiger charge is -2.08. The summed E-state index contributed by atoms with van der Waals surface area (Å²) >= 11 is 1.57. The third-order valence-corrected chi connectivity index (χ3v) is 5.41. The van der Waals surface area contributed by atoms with Gasteiger partial charge >= 0.3 is 5.63 Å². The van der Waals surface area contributed by atoms with E-state index in [0.29, 0.717) is 29.5 Å². The Morgan fingerprint density at radius 3 is 2.96 bits per heavy atom. The quantitative estimate of drug-likeness (QED) is 0.359. The first kappa shape index (κ1) is 16.9. The summed E-state index contributed by atoms with van der Waals surface area (Å²) in [5.74, 6) is 2.82. The van der Waals surface area contributed by atoms with Crippen LogP contribution in [0.25, 0.3) is 11.0 Å². The molecule has 0 atom stereocenters. The lowest BCUT2D eigenvalue weighted by Crippen LogP contribution is -2.03. The normalized spacial score (nSPS) is 13.9. The summed E-state index contributed by atoms with van der Waals surface area (Å²) in [6.45, 7) is 4.52. The third-order valence-electron chi connectivity index (χ3n) is 4.39. The molecule has 0 unspecified atom stereocenters. The number of nitrogens with zero attached hydrogens (tertiary/aromatic N) is 3. The van der Waals surface area contributed by atoms with Crippen molar-refractivity contribution < 1.29 is 9.15 Å². The highest BCUT2D eigenvalue weighted by Crippen LogP contribution is 2.40. The van der Waals surface area contributed by atoms with Gasteiger partial charge in [-0.05, 0) is 30.5 Å². The number of fused-ring (bicyclic) bond motifs is 1. The summed E-state index contributed by atoms with van der Waals surface area (Å²) in [6, 6.07) is 7.05. The molecule has 0 spiro atoms. The molecule has 0 bridgehead atoms. The second-order valence-electron chi connectivity index (χ2n) is 6.26. The number of thioether (sulfide) groups is 1. The molecule has 26 heavy (non-hydrogen) atoms. The van der Waals surface area contributed by atoms with Crippen LogP contribution in [0.15, 0.2) is 51.3 Å². The summed E-state index contributed by atoms with van der Waals surface area (Å²) in [4.78, 5) is 11.9. The largest absolute Gasteiger partial charge is 0.497 e. The van der Waals surface area contributed by atoms with Gasteiger partial charge in [-0.2, -0.15) is 0 Å². The summed E-state index contributed by atoms with van der Waals surface area (Å²) < 4.78 is 12.6. The number of hydrogen-bond donors (Lipinski definition) is 0. The van der Waals surface area contributed by atoms with Gasteiger partial charge in [0.05, 0.1) is 7.11 Å². The highest BCUT2D eigenvalue weighted by atomic mass is 32.2. The first-order valence-corrected chi connectivity index (χ1v) is 9.45. The van der Waals surface area contributed by atoms with E-state index in [4.69, 9.17) is 9.15 Å². The van der Waals surface area contributed by atoms with Crippen LogP contribution in [0.4, 0.5) is 0 Å². The summed E-state index contributed by atoms with van der Waals surface area (Å²) in [5.41, 5.74) is 1.07. The Kier molecular flexibility index (Phi) is 4.55. The summed E-state index contributed by atoms with van der Waals surface area (Å²) in [7, 11) is 1.59. The number of methoxy groups -OCH3 is 1. The molecule has 134 valence electrons. The minimum Gasteiger partial charge on any atom is -0.497 e. The molecule has 0 aliphatic heterocycles. The Balaban J connectivity index is 1.64. The zero-order chi connectivity index (χ0) is 18.1. The monoisotopic (exact) mass is 369 g/mol. The standard InChI is InChI=1S/C19H19N3O3S/c1-3-8-22-18(12-4-5-12)20-21-19(22)26-11-13-9-17(23)25-16-10-14(24-2)6-7-15(13)16/h3,6-7,9-10,12H,1,4-5,8,11H2,2H3. The molecule has 3 aromatic rings. The fourth-order valence-corrected chi connectivity index (χ4v) is 3.90. The Labute approximate surface area is 154 Å². The van der Waals surface area contributed by atoms with Crippen LogP contribution in [0, 0.1) is 0 Å². The minimum atomic E-state index is -0.368. The third kappa shape index (κ3) is 3.26. The molecule has 6 nitrogen and oxygen atoms in total. The van der Waals surface area contributed by atoms with Gasteiger partial charge in [0.15, 0.2) is 5.16 Å². The highest BCUT2D eigenvalue weighted by Gasteiger charge is 2.30. The first-order valence-electron chi connectivity index (χ1n) is 8.47. The van der Waals surface area contributed by atoms with Gasteiger partial charge in [0.25, 0.3) is 0 Å². The molecule has 1 aromatic carbocycles. The number of allylic oxidation sites excluding steroid dienone is 1.